The summed E-state index contributed by atoms with van der Waals surface area (Å²) in [5.41, 5.74) is -3.51. The van der Waals surface area contributed by atoms with Crippen LogP contribution in [0.5, 0.6) is 0 Å². The normalized spacial score (nSPS) is 26.8. The third-order valence-electron chi connectivity index (χ3n) is 4.57. The van der Waals surface area contributed by atoms with Crippen LogP contribution in [-0.4, -0.2) is 31.6 Å². The third-order valence-corrected chi connectivity index (χ3v) is 4.57. The number of carbonyl (C=O) groups is 1. The molecule has 0 unspecified atom stereocenters. The van der Waals surface area contributed by atoms with Gasteiger partial charge in [0.1, 0.15) is 5.60 Å². The van der Waals surface area contributed by atoms with E-state index in [0.717, 1.165) is 0 Å². The molecule has 23 heavy (non-hydrogen) atoms. The summed E-state index contributed by atoms with van der Waals surface area (Å²) in [6.07, 6.45) is 0. The lowest BCUT2D eigenvalue weighted by molar-refractivity contribution is -0.205. The first-order chi connectivity index (χ1) is 10.7. The van der Waals surface area contributed by atoms with Gasteiger partial charge in [0, 0.05) is 6.92 Å². The molecule has 0 amide bonds. The molecule has 1 N–H and O–H groups in total. The molecule has 1 aromatic heterocycles. The van der Waals surface area contributed by atoms with E-state index in [0.29, 0.717) is 10.8 Å². The van der Waals surface area contributed by atoms with Gasteiger partial charge in [-0.3, -0.25) is 14.4 Å². The van der Waals surface area contributed by atoms with Crippen LogP contribution < -0.4 is 11.1 Å². The van der Waals surface area contributed by atoms with Crippen LogP contribution >= 0.6 is 0 Å². The summed E-state index contributed by atoms with van der Waals surface area (Å²) in [4.78, 5) is 36.7. The lowest BCUT2D eigenvalue weighted by Gasteiger charge is -2.46. The molecule has 1 aliphatic rings. The maximum Gasteiger partial charge on any atom is 0.303 e. The number of rotatable bonds is 1. The molecular formula is C16H18N2O5. The van der Waals surface area contributed by atoms with Crippen LogP contribution in [0.2, 0.25) is 0 Å². The first-order valence-electron chi connectivity index (χ1n) is 7.31. The van der Waals surface area contributed by atoms with Crippen molar-refractivity contribution in [3.8, 4) is 0 Å². The molecule has 2 aromatic rings. The Kier molecular flexibility index (Phi) is 3.23. The van der Waals surface area contributed by atoms with Crippen molar-refractivity contribution in [2.24, 2.45) is 0 Å². The van der Waals surface area contributed by atoms with Crippen LogP contribution in [0.1, 0.15) is 20.8 Å². The van der Waals surface area contributed by atoms with Gasteiger partial charge in [0.2, 0.25) is 0 Å². The van der Waals surface area contributed by atoms with Crippen LogP contribution in [0.25, 0.3) is 10.8 Å². The summed E-state index contributed by atoms with van der Waals surface area (Å²) in [6, 6.07) is 6.54. The fourth-order valence-electron chi connectivity index (χ4n) is 3.04. The number of hydrogen-bond donors (Lipinski definition) is 1. The molecule has 1 aromatic carbocycles. The maximum absolute atomic E-state index is 12.7. The van der Waals surface area contributed by atoms with Crippen molar-refractivity contribution in [1.29, 1.82) is 0 Å². The standard InChI is InChI=1S/C16H18N2O5/c1-10(19)23-16(3)9-18-14(21)12-7-5-4-6-11(12)13(20)17(18)8-15(16,2)22/h4-7,22H,8-9H2,1-3H3/t15-,16+/m1/s1. The van der Waals surface area contributed by atoms with Crippen LogP contribution in [0.15, 0.2) is 33.9 Å². The third kappa shape index (κ3) is 2.19. The Morgan fingerprint density at radius 3 is 2.04 bits per heavy atom. The Balaban J connectivity index is 2.30. The number of benzene rings is 1. The van der Waals surface area contributed by atoms with Gasteiger partial charge < -0.3 is 9.84 Å². The summed E-state index contributed by atoms with van der Waals surface area (Å²) in [6.45, 7) is 4.05. The second-order valence-electron chi connectivity index (χ2n) is 6.37. The summed E-state index contributed by atoms with van der Waals surface area (Å²) in [5.74, 6) is -0.558. The number of hydrogen-bond acceptors (Lipinski definition) is 5. The Morgan fingerprint density at radius 1 is 1.09 bits per heavy atom. The van der Waals surface area contributed by atoms with Crippen molar-refractivity contribution in [1.82, 2.24) is 9.36 Å². The minimum absolute atomic E-state index is 0.0987. The van der Waals surface area contributed by atoms with Crippen LogP contribution in [-0.2, 0) is 22.6 Å². The molecular weight excluding hydrogens is 300 g/mol. The number of fused-ring (bicyclic) bond motifs is 2. The smallest absolute Gasteiger partial charge is 0.303 e. The lowest BCUT2D eigenvalue weighted by Crippen LogP contribution is -2.65. The van der Waals surface area contributed by atoms with E-state index in [9.17, 15) is 19.5 Å². The molecule has 0 fully saturated rings. The zero-order chi connectivity index (χ0) is 17.0. The van der Waals surface area contributed by atoms with Gasteiger partial charge in [0.15, 0.2) is 5.60 Å². The molecule has 122 valence electrons. The number of aromatic nitrogens is 2. The first-order valence-corrected chi connectivity index (χ1v) is 7.31. The SMILES string of the molecule is CC(=O)O[C@@]1(C)Cn2c(=O)c3ccccc3c(=O)n2C[C@@]1(C)O. The number of carbonyl (C=O) groups excluding carboxylic acids is 1. The van der Waals surface area contributed by atoms with Gasteiger partial charge >= 0.3 is 5.97 Å². The number of nitrogens with zero attached hydrogens (tertiary/aromatic N) is 2. The fourth-order valence-corrected chi connectivity index (χ4v) is 3.04. The number of esters is 1. The van der Waals surface area contributed by atoms with Crippen molar-refractivity contribution < 1.29 is 14.6 Å². The summed E-state index contributed by atoms with van der Waals surface area (Å²) in [5, 5.41) is 11.3. The minimum atomic E-state index is -1.49. The van der Waals surface area contributed by atoms with Crippen molar-refractivity contribution in [2.75, 3.05) is 0 Å². The molecule has 0 aliphatic carbocycles. The van der Waals surface area contributed by atoms with E-state index >= 15 is 0 Å². The van der Waals surface area contributed by atoms with Crippen LogP contribution in [0.4, 0.5) is 0 Å². The lowest BCUT2D eigenvalue weighted by atomic mass is 9.84. The summed E-state index contributed by atoms with van der Waals surface area (Å²) < 4.78 is 7.75. The van der Waals surface area contributed by atoms with Gasteiger partial charge in [-0.1, -0.05) is 12.1 Å². The number of ether oxygens (including phenoxy) is 1. The molecule has 2 heterocycles. The zero-order valence-corrected chi connectivity index (χ0v) is 13.2. The highest BCUT2D eigenvalue weighted by Crippen LogP contribution is 2.32. The van der Waals surface area contributed by atoms with Gasteiger partial charge in [-0.25, -0.2) is 9.36 Å². The predicted molar refractivity (Wildman–Crippen MR) is 83.3 cm³/mol. The molecule has 2 atom stereocenters. The highest BCUT2D eigenvalue weighted by molar-refractivity contribution is 5.80. The van der Waals surface area contributed by atoms with Gasteiger partial charge in [-0.05, 0) is 26.0 Å². The Labute approximate surface area is 131 Å². The largest absolute Gasteiger partial charge is 0.454 e. The van der Waals surface area contributed by atoms with Gasteiger partial charge in [-0.15, -0.1) is 0 Å². The zero-order valence-electron chi connectivity index (χ0n) is 13.2. The number of aliphatic hydroxyl groups is 1. The Hall–Kier alpha value is -2.41. The molecule has 3 rings (SSSR count). The van der Waals surface area contributed by atoms with Crippen molar-refractivity contribution in [3.63, 3.8) is 0 Å². The molecule has 0 spiro atoms. The molecule has 0 radical (unpaired) electrons. The van der Waals surface area contributed by atoms with Crippen LogP contribution in [0.3, 0.4) is 0 Å². The van der Waals surface area contributed by atoms with Crippen LogP contribution in [0, 0.1) is 0 Å². The Morgan fingerprint density at radius 2 is 1.57 bits per heavy atom. The second-order valence-corrected chi connectivity index (χ2v) is 6.37. The molecule has 0 saturated carbocycles. The highest BCUT2D eigenvalue weighted by Gasteiger charge is 2.51. The van der Waals surface area contributed by atoms with E-state index in [1.54, 1.807) is 31.2 Å². The average Bonchev–Trinajstić information content (AvgIpc) is 2.46. The first kappa shape index (κ1) is 15.5. The van der Waals surface area contributed by atoms with Gasteiger partial charge in [0.25, 0.3) is 11.1 Å². The van der Waals surface area contributed by atoms with E-state index in [1.165, 1.54) is 23.2 Å². The molecule has 0 bridgehead atoms. The van der Waals surface area contributed by atoms with Crippen molar-refractivity contribution in [3.05, 3.63) is 45.0 Å². The second kappa shape index (κ2) is 4.79. The maximum atomic E-state index is 12.7. The van der Waals surface area contributed by atoms with Crippen molar-refractivity contribution in [2.45, 2.75) is 45.1 Å². The minimum Gasteiger partial charge on any atom is -0.454 e. The summed E-state index contributed by atoms with van der Waals surface area (Å²) >= 11 is 0. The quantitative estimate of drug-likeness (QED) is 0.761. The Bertz CT molecular complexity index is 924. The monoisotopic (exact) mass is 318 g/mol. The molecule has 1 aliphatic heterocycles. The van der Waals surface area contributed by atoms with E-state index in [-0.39, 0.29) is 24.2 Å². The molecule has 7 heteroatoms. The van der Waals surface area contributed by atoms with E-state index in [2.05, 4.69) is 0 Å². The molecule has 0 saturated heterocycles. The van der Waals surface area contributed by atoms with E-state index < -0.39 is 17.2 Å². The topological polar surface area (TPSA) is 90.5 Å². The van der Waals surface area contributed by atoms with Crippen molar-refractivity contribution >= 4 is 16.7 Å². The highest BCUT2D eigenvalue weighted by atomic mass is 16.6. The molecule has 7 nitrogen and oxygen atoms in total. The average molecular weight is 318 g/mol. The fraction of sp³-hybridized carbons (Fsp3) is 0.438. The predicted octanol–water partition coefficient (Wildman–Crippen LogP) is 0.250. The van der Waals surface area contributed by atoms with E-state index in [1.807, 2.05) is 0 Å². The van der Waals surface area contributed by atoms with Gasteiger partial charge in [-0.2, -0.15) is 0 Å². The van der Waals surface area contributed by atoms with Gasteiger partial charge in [0.05, 0.1) is 23.9 Å². The summed E-state index contributed by atoms with van der Waals surface area (Å²) in [7, 11) is 0. The van der Waals surface area contributed by atoms with E-state index in [4.69, 9.17) is 4.74 Å².